The Bertz CT molecular complexity index is 874. The lowest BCUT2D eigenvalue weighted by Gasteiger charge is -2.31. The summed E-state index contributed by atoms with van der Waals surface area (Å²) in [5, 5.41) is 33.1. The highest BCUT2D eigenvalue weighted by atomic mass is 16.5. The Hall–Kier alpha value is -2.94. The van der Waals surface area contributed by atoms with Gasteiger partial charge in [0.05, 0.1) is 12.1 Å². The number of hydrogen-bond acceptors (Lipinski definition) is 5. The van der Waals surface area contributed by atoms with E-state index in [0.717, 1.165) is 22.3 Å². The van der Waals surface area contributed by atoms with Crippen molar-refractivity contribution in [3.8, 4) is 11.1 Å². The maximum atomic E-state index is 11.6. The molecular weight excluding hydrogens is 398 g/mol. The molecule has 0 fully saturated rings. The molecule has 0 aliphatic rings. The predicted molar refractivity (Wildman–Crippen MR) is 117 cm³/mol. The molecule has 0 saturated carbocycles. The van der Waals surface area contributed by atoms with E-state index in [0.29, 0.717) is 6.54 Å². The predicted octanol–water partition coefficient (Wildman–Crippen LogP) is 3.05. The zero-order chi connectivity index (χ0) is 23.2. The molecule has 8 nitrogen and oxygen atoms in total. The van der Waals surface area contributed by atoms with Crippen LogP contribution in [0.5, 0.6) is 0 Å². The van der Waals surface area contributed by atoms with Crippen LogP contribution in [0.15, 0.2) is 48.5 Å². The van der Waals surface area contributed by atoms with Crippen LogP contribution >= 0.6 is 0 Å². The van der Waals surface area contributed by atoms with E-state index < -0.39 is 24.1 Å². The summed E-state index contributed by atoms with van der Waals surface area (Å²) < 4.78 is 0. The SMILES string of the molecule is C[C@@H](O)[C@H](NCc1ccc(-c2ccc(C(NC(=O)O)C(C)(C)C)cc2)cc1)C(=O)NO. The summed E-state index contributed by atoms with van der Waals surface area (Å²) in [5.41, 5.74) is 5.07. The third-order valence-corrected chi connectivity index (χ3v) is 5.07. The minimum atomic E-state index is -1.05. The van der Waals surface area contributed by atoms with Crippen molar-refractivity contribution in [1.82, 2.24) is 16.1 Å². The van der Waals surface area contributed by atoms with Gasteiger partial charge in [0.1, 0.15) is 6.04 Å². The van der Waals surface area contributed by atoms with Crippen LogP contribution in [0.1, 0.15) is 44.9 Å². The summed E-state index contributed by atoms with van der Waals surface area (Å²) in [6, 6.07) is 14.2. The van der Waals surface area contributed by atoms with Gasteiger partial charge in [-0.2, -0.15) is 0 Å². The Kier molecular flexibility index (Phi) is 8.15. The molecule has 2 aromatic rings. The smallest absolute Gasteiger partial charge is 0.405 e. The first kappa shape index (κ1) is 24.3. The van der Waals surface area contributed by atoms with Gasteiger partial charge in [0.2, 0.25) is 0 Å². The maximum Gasteiger partial charge on any atom is 0.405 e. The van der Waals surface area contributed by atoms with E-state index in [-0.39, 0.29) is 11.5 Å². The van der Waals surface area contributed by atoms with Gasteiger partial charge in [0, 0.05) is 6.54 Å². The molecule has 0 aliphatic heterocycles. The van der Waals surface area contributed by atoms with Gasteiger partial charge in [-0.15, -0.1) is 0 Å². The molecule has 0 heterocycles. The quantitative estimate of drug-likeness (QED) is 0.282. The van der Waals surface area contributed by atoms with Crippen LogP contribution in [-0.2, 0) is 11.3 Å². The molecule has 0 aromatic heterocycles. The van der Waals surface area contributed by atoms with Gasteiger partial charge in [-0.05, 0) is 34.6 Å². The lowest BCUT2D eigenvalue weighted by atomic mass is 9.82. The van der Waals surface area contributed by atoms with Gasteiger partial charge >= 0.3 is 6.09 Å². The first-order valence-corrected chi connectivity index (χ1v) is 10.1. The van der Waals surface area contributed by atoms with Gasteiger partial charge < -0.3 is 15.5 Å². The maximum absolute atomic E-state index is 11.6. The van der Waals surface area contributed by atoms with Gasteiger partial charge in [-0.1, -0.05) is 69.3 Å². The van der Waals surface area contributed by atoms with Crippen LogP contribution in [0.25, 0.3) is 11.1 Å². The van der Waals surface area contributed by atoms with Crippen molar-refractivity contribution < 1.29 is 25.0 Å². The molecular formula is C23H31N3O5. The summed E-state index contributed by atoms with van der Waals surface area (Å²) in [5.74, 6) is -0.697. The number of amides is 2. The Morgan fingerprint density at radius 2 is 1.48 bits per heavy atom. The highest BCUT2D eigenvalue weighted by molar-refractivity contribution is 5.81. The van der Waals surface area contributed by atoms with Crippen LogP contribution in [0.4, 0.5) is 4.79 Å². The molecule has 168 valence electrons. The van der Waals surface area contributed by atoms with Crippen molar-refractivity contribution in [1.29, 1.82) is 0 Å². The Morgan fingerprint density at radius 1 is 0.968 bits per heavy atom. The largest absolute Gasteiger partial charge is 0.465 e. The fraction of sp³-hybridized carbons (Fsp3) is 0.391. The van der Waals surface area contributed by atoms with Crippen molar-refractivity contribution in [2.45, 2.75) is 52.4 Å². The molecule has 31 heavy (non-hydrogen) atoms. The number of hydroxylamine groups is 1. The Balaban J connectivity index is 2.11. The van der Waals surface area contributed by atoms with E-state index >= 15 is 0 Å². The van der Waals surface area contributed by atoms with Crippen LogP contribution < -0.4 is 16.1 Å². The van der Waals surface area contributed by atoms with E-state index in [9.17, 15) is 14.7 Å². The zero-order valence-corrected chi connectivity index (χ0v) is 18.2. The first-order chi connectivity index (χ1) is 14.5. The zero-order valence-electron chi connectivity index (χ0n) is 18.2. The Morgan fingerprint density at radius 3 is 1.90 bits per heavy atom. The topological polar surface area (TPSA) is 131 Å². The molecule has 3 atom stereocenters. The molecule has 1 unspecified atom stereocenters. The van der Waals surface area contributed by atoms with Crippen LogP contribution in [-0.4, -0.2) is 39.6 Å². The van der Waals surface area contributed by atoms with Crippen molar-refractivity contribution in [2.24, 2.45) is 5.41 Å². The van der Waals surface area contributed by atoms with Crippen molar-refractivity contribution >= 4 is 12.0 Å². The van der Waals surface area contributed by atoms with Gasteiger partial charge in [0.25, 0.3) is 5.91 Å². The molecule has 2 rings (SSSR count). The van der Waals surface area contributed by atoms with Gasteiger partial charge in [0.15, 0.2) is 0 Å². The number of aliphatic hydroxyl groups is 1. The highest BCUT2D eigenvalue weighted by Crippen LogP contribution is 2.33. The molecule has 0 spiro atoms. The normalized spacial score (nSPS) is 14.4. The standard InChI is InChI=1S/C23H31N3O5/c1-14(27)19(21(28)26-31)24-13-15-5-7-16(8-6-15)17-9-11-18(12-10-17)20(23(2,3)4)25-22(29)30/h5-12,14,19-20,24-25,27,31H,13H2,1-4H3,(H,26,28)(H,29,30)/t14-,19+,20?/m1/s1. The van der Waals surface area contributed by atoms with E-state index in [1.54, 1.807) is 5.48 Å². The fourth-order valence-electron chi connectivity index (χ4n) is 3.39. The number of carbonyl (C=O) groups excluding carboxylic acids is 1. The van der Waals surface area contributed by atoms with Gasteiger partial charge in [-0.25, -0.2) is 10.3 Å². The third-order valence-electron chi connectivity index (χ3n) is 5.07. The third kappa shape index (κ3) is 6.78. The van der Waals surface area contributed by atoms with Crippen molar-refractivity contribution in [3.63, 3.8) is 0 Å². The molecule has 2 amide bonds. The van der Waals surface area contributed by atoms with E-state index in [2.05, 4.69) is 10.6 Å². The number of benzene rings is 2. The number of carbonyl (C=O) groups is 2. The molecule has 2 aromatic carbocycles. The molecule has 0 aliphatic carbocycles. The van der Waals surface area contributed by atoms with Crippen molar-refractivity contribution in [2.75, 3.05) is 0 Å². The Labute approximate surface area is 182 Å². The average Bonchev–Trinajstić information content (AvgIpc) is 2.71. The minimum Gasteiger partial charge on any atom is -0.465 e. The number of hydrogen-bond donors (Lipinski definition) is 6. The molecule has 6 N–H and O–H groups in total. The number of rotatable bonds is 8. The van der Waals surface area contributed by atoms with Crippen LogP contribution in [0, 0.1) is 5.41 Å². The van der Waals surface area contributed by atoms with E-state index in [1.807, 2.05) is 69.3 Å². The van der Waals surface area contributed by atoms with Crippen LogP contribution in [0.2, 0.25) is 0 Å². The van der Waals surface area contributed by atoms with E-state index in [1.165, 1.54) is 6.92 Å². The molecule has 0 saturated heterocycles. The van der Waals surface area contributed by atoms with Crippen molar-refractivity contribution in [3.05, 3.63) is 59.7 Å². The van der Waals surface area contributed by atoms with Gasteiger partial charge in [-0.3, -0.25) is 15.3 Å². The van der Waals surface area contributed by atoms with Crippen LogP contribution in [0.3, 0.4) is 0 Å². The molecule has 8 heteroatoms. The first-order valence-electron chi connectivity index (χ1n) is 10.1. The second-order valence-electron chi connectivity index (χ2n) is 8.64. The number of aliphatic hydroxyl groups excluding tert-OH is 1. The van der Waals surface area contributed by atoms with E-state index in [4.69, 9.17) is 10.3 Å². The number of carboxylic acid groups (broad SMARTS) is 1. The summed E-state index contributed by atoms with van der Waals surface area (Å²) in [7, 11) is 0. The number of nitrogens with one attached hydrogen (secondary N) is 3. The second kappa shape index (κ2) is 10.4. The average molecular weight is 430 g/mol. The minimum absolute atomic E-state index is 0.272. The second-order valence-corrected chi connectivity index (χ2v) is 8.64. The fourth-order valence-corrected chi connectivity index (χ4v) is 3.39. The summed E-state index contributed by atoms with van der Waals surface area (Å²) in [6.45, 7) is 7.77. The lowest BCUT2D eigenvalue weighted by Crippen LogP contribution is -2.49. The molecule has 0 radical (unpaired) electrons. The highest BCUT2D eigenvalue weighted by Gasteiger charge is 2.27. The summed E-state index contributed by atoms with van der Waals surface area (Å²) in [6.07, 6.45) is -2.01. The lowest BCUT2D eigenvalue weighted by molar-refractivity contribution is -0.134. The summed E-state index contributed by atoms with van der Waals surface area (Å²) in [4.78, 5) is 22.8. The monoisotopic (exact) mass is 429 g/mol. The molecule has 0 bridgehead atoms. The summed E-state index contributed by atoms with van der Waals surface area (Å²) >= 11 is 0.